The van der Waals surface area contributed by atoms with Gasteiger partial charge in [0.15, 0.2) is 0 Å². The molecule has 0 radical (unpaired) electrons. The van der Waals surface area contributed by atoms with Crippen LogP contribution in [0.3, 0.4) is 0 Å². The molecule has 1 atom stereocenters. The molecule has 118 valence electrons. The average molecular weight is 291 g/mol. The van der Waals surface area contributed by atoms with Crippen molar-refractivity contribution in [2.45, 2.75) is 30.8 Å². The van der Waals surface area contributed by atoms with E-state index >= 15 is 0 Å². The molecule has 0 fully saturated rings. The van der Waals surface area contributed by atoms with E-state index in [0.717, 1.165) is 12.7 Å². The van der Waals surface area contributed by atoms with E-state index < -0.39 is 31.4 Å². The van der Waals surface area contributed by atoms with Gasteiger partial charge < -0.3 is 36.1 Å². The first-order valence-electron chi connectivity index (χ1n) is 6.58. The van der Waals surface area contributed by atoms with Gasteiger partial charge in [0, 0.05) is 6.54 Å². The molecule has 0 rings (SSSR count). The van der Waals surface area contributed by atoms with Crippen molar-refractivity contribution in [2.24, 2.45) is 0 Å². The van der Waals surface area contributed by atoms with Gasteiger partial charge in [-0.3, -0.25) is 0 Å². The van der Waals surface area contributed by atoms with Crippen LogP contribution in [0.15, 0.2) is 0 Å². The van der Waals surface area contributed by atoms with Crippen molar-refractivity contribution in [1.82, 2.24) is 16.0 Å². The number of rotatable bonds is 11. The lowest BCUT2D eigenvalue weighted by molar-refractivity contribution is -0.109. The summed E-state index contributed by atoms with van der Waals surface area (Å²) in [5, 5.41) is 34.9. The highest BCUT2D eigenvalue weighted by atomic mass is 16.3. The summed E-state index contributed by atoms with van der Waals surface area (Å²) in [4.78, 5) is 22.1. The summed E-state index contributed by atoms with van der Waals surface area (Å²) in [6.07, 6.45) is 3.01. The van der Waals surface area contributed by atoms with Crippen LogP contribution in [0, 0.1) is 0 Å². The normalized spacial score (nSPS) is 12.8. The highest BCUT2D eigenvalue weighted by Crippen LogP contribution is 2.01. The second-order valence-electron chi connectivity index (χ2n) is 4.66. The largest absolute Gasteiger partial charge is 0.394 e. The maximum Gasteiger partial charge on any atom is 0.315 e. The Hall–Kier alpha value is -1.22. The lowest BCUT2D eigenvalue weighted by Crippen LogP contribution is -2.59. The molecule has 8 nitrogen and oxygen atoms in total. The number of aliphatic hydroxyl groups is 3. The highest BCUT2D eigenvalue weighted by Gasteiger charge is 2.29. The van der Waals surface area contributed by atoms with Crippen molar-refractivity contribution in [3.05, 3.63) is 0 Å². The van der Waals surface area contributed by atoms with E-state index in [9.17, 15) is 9.59 Å². The summed E-state index contributed by atoms with van der Waals surface area (Å²) in [6, 6.07) is -0.739. The number of hydrogen-bond acceptors (Lipinski definition) is 6. The first kappa shape index (κ1) is 18.8. The summed E-state index contributed by atoms with van der Waals surface area (Å²) in [6.45, 7) is -1.27. The minimum Gasteiger partial charge on any atom is -0.394 e. The number of carbonyl (C=O) groups excluding carboxylic acids is 2. The second-order valence-corrected chi connectivity index (χ2v) is 4.66. The zero-order valence-corrected chi connectivity index (χ0v) is 11.8. The van der Waals surface area contributed by atoms with Crippen molar-refractivity contribution in [2.75, 3.05) is 33.4 Å². The van der Waals surface area contributed by atoms with Gasteiger partial charge in [-0.2, -0.15) is 0 Å². The van der Waals surface area contributed by atoms with Gasteiger partial charge in [0.25, 0.3) is 0 Å². The highest BCUT2D eigenvalue weighted by molar-refractivity contribution is 5.74. The minimum atomic E-state index is -1.42. The zero-order chi connectivity index (χ0) is 15.4. The Labute approximate surface area is 118 Å². The molecule has 0 heterocycles. The van der Waals surface area contributed by atoms with Crippen LogP contribution >= 0.6 is 0 Å². The molecule has 6 N–H and O–H groups in total. The molecule has 0 aromatic heterocycles. The fraction of sp³-hybridized carbons (Fsp3) is 0.833. The molecule has 0 aliphatic carbocycles. The smallest absolute Gasteiger partial charge is 0.315 e. The van der Waals surface area contributed by atoms with Crippen molar-refractivity contribution < 1.29 is 24.9 Å². The molecule has 0 bridgehead atoms. The molecular formula is C12H25N3O5. The minimum absolute atomic E-state index is 0.172. The quantitative estimate of drug-likeness (QED) is 0.192. The van der Waals surface area contributed by atoms with E-state index in [1.54, 1.807) is 7.05 Å². The van der Waals surface area contributed by atoms with E-state index in [0.29, 0.717) is 19.4 Å². The predicted molar refractivity (Wildman–Crippen MR) is 73.3 cm³/mol. The summed E-state index contributed by atoms with van der Waals surface area (Å²) in [5.41, 5.74) is -1.42. The molecular weight excluding hydrogens is 266 g/mol. The average Bonchev–Trinajstić information content (AvgIpc) is 2.48. The third-order valence-electron chi connectivity index (χ3n) is 3.05. The Morgan fingerprint density at radius 2 is 1.80 bits per heavy atom. The van der Waals surface area contributed by atoms with Crippen LogP contribution in [0.2, 0.25) is 0 Å². The fourth-order valence-electron chi connectivity index (χ4n) is 1.53. The van der Waals surface area contributed by atoms with Crippen LogP contribution in [0.4, 0.5) is 4.79 Å². The number of amides is 2. The number of hydrogen-bond donors (Lipinski definition) is 6. The van der Waals surface area contributed by atoms with E-state index in [1.807, 2.05) is 0 Å². The van der Waals surface area contributed by atoms with Gasteiger partial charge in [-0.15, -0.1) is 0 Å². The SMILES string of the molecule is CNC(C=O)CCCCNC(=O)NC(CO)(CO)CO. The van der Waals surface area contributed by atoms with E-state index in [4.69, 9.17) is 15.3 Å². The van der Waals surface area contributed by atoms with Crippen LogP contribution in [0.5, 0.6) is 0 Å². The number of aliphatic hydroxyl groups excluding tert-OH is 3. The second kappa shape index (κ2) is 10.6. The van der Waals surface area contributed by atoms with Gasteiger partial charge in [0.05, 0.1) is 25.9 Å². The maximum atomic E-state index is 11.5. The van der Waals surface area contributed by atoms with Crippen molar-refractivity contribution in [1.29, 1.82) is 0 Å². The van der Waals surface area contributed by atoms with Gasteiger partial charge in [-0.1, -0.05) is 0 Å². The summed E-state index contributed by atoms with van der Waals surface area (Å²) in [7, 11) is 1.71. The number of urea groups is 1. The van der Waals surface area contributed by atoms with Crippen LogP contribution in [-0.2, 0) is 4.79 Å². The van der Waals surface area contributed by atoms with Crippen LogP contribution in [0.1, 0.15) is 19.3 Å². The fourth-order valence-corrected chi connectivity index (χ4v) is 1.53. The van der Waals surface area contributed by atoms with Crippen LogP contribution < -0.4 is 16.0 Å². The van der Waals surface area contributed by atoms with E-state index in [1.165, 1.54) is 0 Å². The predicted octanol–water partition coefficient (Wildman–Crippen LogP) is -2.04. The van der Waals surface area contributed by atoms with Gasteiger partial charge in [0.1, 0.15) is 11.8 Å². The lowest BCUT2D eigenvalue weighted by atomic mass is 10.0. The molecule has 20 heavy (non-hydrogen) atoms. The van der Waals surface area contributed by atoms with Crippen LogP contribution in [-0.4, -0.2) is 72.6 Å². The Morgan fingerprint density at radius 1 is 1.20 bits per heavy atom. The lowest BCUT2D eigenvalue weighted by Gasteiger charge is -2.28. The summed E-state index contributed by atoms with van der Waals surface area (Å²) < 4.78 is 0. The Morgan fingerprint density at radius 3 is 2.25 bits per heavy atom. The first-order valence-corrected chi connectivity index (χ1v) is 6.58. The third-order valence-corrected chi connectivity index (χ3v) is 3.05. The van der Waals surface area contributed by atoms with E-state index in [2.05, 4.69) is 16.0 Å². The molecule has 0 spiro atoms. The maximum absolute atomic E-state index is 11.5. The third kappa shape index (κ3) is 6.80. The van der Waals surface area contributed by atoms with Gasteiger partial charge in [0.2, 0.25) is 0 Å². The molecule has 0 aliphatic heterocycles. The van der Waals surface area contributed by atoms with Crippen molar-refractivity contribution in [3.8, 4) is 0 Å². The summed E-state index contributed by atoms with van der Waals surface area (Å²) >= 11 is 0. The Kier molecular flexibility index (Phi) is 9.91. The standard InChI is InChI=1S/C12H25N3O5/c1-13-10(6-16)4-2-3-5-14-11(20)15-12(7-17,8-18)9-19/h6,10,13,17-19H,2-5,7-9H2,1H3,(H2,14,15,20). The van der Waals surface area contributed by atoms with Crippen molar-refractivity contribution >= 4 is 12.3 Å². The van der Waals surface area contributed by atoms with Crippen LogP contribution in [0.25, 0.3) is 0 Å². The number of nitrogens with one attached hydrogen (secondary N) is 3. The monoisotopic (exact) mass is 291 g/mol. The molecule has 2 amide bonds. The number of likely N-dealkylation sites (N-methyl/N-ethyl adjacent to an activating group) is 1. The Bertz CT molecular complexity index is 276. The zero-order valence-electron chi connectivity index (χ0n) is 11.8. The molecule has 0 saturated heterocycles. The van der Waals surface area contributed by atoms with E-state index in [-0.39, 0.29) is 6.04 Å². The first-order chi connectivity index (χ1) is 9.57. The van der Waals surface area contributed by atoms with Gasteiger partial charge in [-0.25, -0.2) is 4.79 Å². The topological polar surface area (TPSA) is 131 Å². The molecule has 0 aromatic carbocycles. The van der Waals surface area contributed by atoms with Gasteiger partial charge >= 0.3 is 6.03 Å². The number of carbonyl (C=O) groups is 2. The molecule has 8 heteroatoms. The van der Waals surface area contributed by atoms with Crippen molar-refractivity contribution in [3.63, 3.8) is 0 Å². The Balaban J connectivity index is 3.86. The molecule has 1 unspecified atom stereocenters. The van der Waals surface area contributed by atoms with Gasteiger partial charge in [-0.05, 0) is 26.3 Å². The number of unbranched alkanes of at least 4 members (excludes halogenated alkanes) is 1. The number of aldehydes is 1. The molecule has 0 aliphatic rings. The molecule has 0 aromatic rings. The molecule has 0 saturated carbocycles. The summed E-state index contributed by atoms with van der Waals surface area (Å²) in [5.74, 6) is 0.